The quantitative estimate of drug-likeness (QED) is 0.311. The number of aliphatic imine (C=N–C) groups is 1. The molecular weight excluding hydrogens is 404 g/mol. The van der Waals surface area contributed by atoms with E-state index in [0.717, 1.165) is 5.56 Å². The number of amidine groups is 1. The first-order valence-corrected chi connectivity index (χ1v) is 10.7. The lowest BCUT2D eigenvalue weighted by atomic mass is 9.87. The van der Waals surface area contributed by atoms with Crippen molar-refractivity contribution in [1.29, 1.82) is 0 Å². The number of nitrogens with zero attached hydrogens (tertiary/aromatic N) is 2. The van der Waals surface area contributed by atoms with Crippen molar-refractivity contribution in [2.45, 2.75) is 38.0 Å². The number of sulfonamides is 1. The van der Waals surface area contributed by atoms with E-state index in [-0.39, 0.29) is 23.3 Å². The Hall–Kier alpha value is -2.91. The van der Waals surface area contributed by atoms with Gasteiger partial charge in [0, 0.05) is 7.49 Å². The zero-order valence-electron chi connectivity index (χ0n) is 18.1. The monoisotopic (exact) mass is 434 g/mol. The van der Waals surface area contributed by atoms with E-state index in [0.29, 0.717) is 17.2 Å². The number of benzene rings is 2. The van der Waals surface area contributed by atoms with Gasteiger partial charge >= 0.3 is 0 Å². The summed E-state index contributed by atoms with van der Waals surface area (Å²) >= 11 is 0. The van der Waals surface area contributed by atoms with Crippen molar-refractivity contribution in [2.24, 2.45) is 15.2 Å². The van der Waals surface area contributed by atoms with Crippen molar-refractivity contribution in [3.63, 3.8) is 0 Å². The lowest BCUT2D eigenvalue weighted by Gasteiger charge is -2.18. The Morgan fingerprint density at radius 2 is 1.70 bits per heavy atom. The van der Waals surface area contributed by atoms with E-state index in [9.17, 15) is 8.42 Å². The summed E-state index contributed by atoms with van der Waals surface area (Å²) in [5.74, 6) is 6.52. The molecule has 0 bridgehead atoms. The molecule has 0 saturated carbocycles. The second-order valence-corrected chi connectivity index (χ2v) is 9.17. The molecule has 8 nitrogen and oxygen atoms in total. The molecule has 0 spiro atoms. The SMILES string of the molecule is COc1ccc(OC)c(N=C(C)/C(=N/S(=O)(=O)c2ccc(C(C)(C)C)cc2)NN)c1.[HH]. The maximum absolute atomic E-state index is 12.8. The van der Waals surface area contributed by atoms with Gasteiger partial charge in [-0.2, -0.15) is 8.42 Å². The van der Waals surface area contributed by atoms with Gasteiger partial charge in [-0.25, -0.2) is 10.8 Å². The van der Waals surface area contributed by atoms with Gasteiger partial charge in [-0.3, -0.25) is 0 Å². The van der Waals surface area contributed by atoms with Gasteiger partial charge in [-0.15, -0.1) is 4.40 Å². The highest BCUT2D eigenvalue weighted by Gasteiger charge is 2.19. The molecule has 0 fully saturated rings. The molecule has 3 N–H and O–H groups in total. The topological polar surface area (TPSA) is 115 Å². The first kappa shape index (κ1) is 23.4. The molecule has 164 valence electrons. The van der Waals surface area contributed by atoms with Crippen molar-refractivity contribution in [1.82, 2.24) is 5.43 Å². The largest absolute Gasteiger partial charge is 0.497 e. The van der Waals surface area contributed by atoms with Crippen molar-refractivity contribution >= 4 is 27.3 Å². The van der Waals surface area contributed by atoms with Crippen LogP contribution in [-0.2, 0) is 15.4 Å². The Morgan fingerprint density at radius 3 is 2.20 bits per heavy atom. The van der Waals surface area contributed by atoms with Crippen LogP contribution in [0.4, 0.5) is 5.69 Å². The predicted molar refractivity (Wildman–Crippen MR) is 122 cm³/mol. The summed E-state index contributed by atoms with van der Waals surface area (Å²) in [6, 6.07) is 11.7. The van der Waals surface area contributed by atoms with Gasteiger partial charge in [0.25, 0.3) is 10.0 Å². The maximum atomic E-state index is 12.8. The normalized spacial score (nSPS) is 13.2. The maximum Gasteiger partial charge on any atom is 0.284 e. The van der Waals surface area contributed by atoms with Crippen molar-refractivity contribution in [3.8, 4) is 11.5 Å². The molecule has 0 saturated heterocycles. The molecule has 0 amide bonds. The number of ether oxygens (including phenoxy) is 2. The molecule has 2 aromatic rings. The van der Waals surface area contributed by atoms with Crippen LogP contribution in [-0.4, -0.2) is 34.2 Å². The van der Waals surface area contributed by atoms with Crippen LogP contribution < -0.4 is 20.7 Å². The first-order chi connectivity index (χ1) is 14.0. The van der Waals surface area contributed by atoms with E-state index in [1.54, 1.807) is 37.3 Å². The van der Waals surface area contributed by atoms with Gasteiger partial charge in [-0.05, 0) is 42.2 Å². The summed E-state index contributed by atoms with van der Waals surface area (Å²) in [4.78, 5) is 4.47. The minimum absolute atomic E-state index is 0. The van der Waals surface area contributed by atoms with E-state index < -0.39 is 10.0 Å². The molecule has 0 radical (unpaired) electrons. The van der Waals surface area contributed by atoms with Crippen LogP contribution in [0.5, 0.6) is 11.5 Å². The van der Waals surface area contributed by atoms with Crippen molar-refractivity contribution in [3.05, 3.63) is 48.0 Å². The molecule has 0 aliphatic rings. The number of methoxy groups -OCH3 is 2. The Labute approximate surface area is 179 Å². The van der Waals surface area contributed by atoms with E-state index in [2.05, 4.69) is 35.6 Å². The molecule has 2 rings (SSSR count). The Kier molecular flexibility index (Phi) is 7.22. The summed E-state index contributed by atoms with van der Waals surface area (Å²) in [5, 5.41) is 0. The van der Waals surface area contributed by atoms with Crippen molar-refractivity contribution < 1.29 is 19.3 Å². The number of hydrazine groups is 1. The van der Waals surface area contributed by atoms with Gasteiger partial charge in [0.1, 0.15) is 17.2 Å². The second-order valence-electron chi connectivity index (χ2n) is 7.57. The molecular formula is C21H30N4O4S. The molecule has 0 aliphatic carbocycles. The predicted octanol–water partition coefficient (Wildman–Crippen LogP) is 3.59. The summed E-state index contributed by atoms with van der Waals surface area (Å²) < 4.78 is 39.9. The van der Waals surface area contributed by atoms with Crippen LogP contribution in [0.2, 0.25) is 0 Å². The Bertz CT molecular complexity index is 1060. The lowest BCUT2D eigenvalue weighted by molar-refractivity contribution is 0.404. The highest BCUT2D eigenvalue weighted by atomic mass is 32.2. The fourth-order valence-electron chi connectivity index (χ4n) is 2.61. The zero-order valence-corrected chi connectivity index (χ0v) is 18.9. The summed E-state index contributed by atoms with van der Waals surface area (Å²) in [6.07, 6.45) is 0. The van der Waals surface area contributed by atoms with Gasteiger partial charge in [-0.1, -0.05) is 32.9 Å². The van der Waals surface area contributed by atoms with Crippen LogP contribution in [0.1, 0.15) is 34.7 Å². The summed E-state index contributed by atoms with van der Waals surface area (Å²) in [6.45, 7) is 7.75. The van der Waals surface area contributed by atoms with Gasteiger partial charge in [0.15, 0.2) is 5.84 Å². The van der Waals surface area contributed by atoms with Crippen LogP contribution in [0, 0.1) is 0 Å². The summed E-state index contributed by atoms with van der Waals surface area (Å²) in [7, 11) is -0.943. The highest BCUT2D eigenvalue weighted by molar-refractivity contribution is 7.90. The molecule has 0 heterocycles. The Morgan fingerprint density at radius 1 is 1.07 bits per heavy atom. The third-order valence-corrected chi connectivity index (χ3v) is 5.67. The molecule has 0 aromatic heterocycles. The molecule has 0 atom stereocenters. The van der Waals surface area contributed by atoms with E-state index in [1.807, 2.05) is 0 Å². The fourth-order valence-corrected chi connectivity index (χ4v) is 3.63. The number of nitrogens with two attached hydrogens (primary N) is 1. The van der Waals surface area contributed by atoms with E-state index in [1.165, 1.54) is 26.4 Å². The van der Waals surface area contributed by atoms with E-state index >= 15 is 0 Å². The summed E-state index contributed by atoms with van der Waals surface area (Å²) in [5.41, 5.74) is 3.96. The van der Waals surface area contributed by atoms with Gasteiger partial charge < -0.3 is 14.9 Å². The van der Waals surface area contributed by atoms with Crippen LogP contribution in [0.15, 0.2) is 56.8 Å². The highest BCUT2D eigenvalue weighted by Crippen LogP contribution is 2.31. The minimum atomic E-state index is -3.99. The van der Waals surface area contributed by atoms with Crippen LogP contribution >= 0.6 is 0 Å². The van der Waals surface area contributed by atoms with E-state index in [4.69, 9.17) is 15.3 Å². The average molecular weight is 435 g/mol. The van der Waals surface area contributed by atoms with Crippen LogP contribution in [0.25, 0.3) is 0 Å². The smallest absolute Gasteiger partial charge is 0.284 e. The third-order valence-electron chi connectivity index (χ3n) is 4.38. The Balaban J connectivity index is 0.00000480. The number of rotatable bonds is 6. The third kappa shape index (κ3) is 5.58. The lowest BCUT2D eigenvalue weighted by Crippen LogP contribution is -2.36. The minimum Gasteiger partial charge on any atom is -0.497 e. The average Bonchev–Trinajstić information content (AvgIpc) is 2.71. The molecule has 0 unspecified atom stereocenters. The number of hydrogen-bond donors (Lipinski definition) is 2. The molecule has 30 heavy (non-hydrogen) atoms. The second kappa shape index (κ2) is 9.27. The number of hydrogen-bond acceptors (Lipinski definition) is 6. The standard InChI is InChI=1S/C21H28N4O4S.H2/c1-14(23-18-13-16(28-5)9-12-19(18)29-6)20(24-22)25-30(26,27)17-10-7-15(8-11-17)21(2,3)4;/h7-13H,22H2,1-6H3,(H,24,25);1H. The molecule has 9 heteroatoms. The molecule has 2 aromatic carbocycles. The fraction of sp³-hybridized carbons (Fsp3) is 0.333. The van der Waals surface area contributed by atoms with Crippen molar-refractivity contribution in [2.75, 3.05) is 14.2 Å². The van der Waals surface area contributed by atoms with Gasteiger partial charge in [0.2, 0.25) is 0 Å². The number of nitrogens with one attached hydrogen (secondary N) is 1. The first-order valence-electron chi connectivity index (χ1n) is 9.21. The van der Waals surface area contributed by atoms with Crippen LogP contribution in [0.3, 0.4) is 0 Å². The zero-order chi connectivity index (χ0) is 22.5. The van der Waals surface area contributed by atoms with Gasteiger partial charge in [0.05, 0.1) is 24.8 Å². The molecule has 0 aliphatic heterocycles.